The van der Waals surface area contributed by atoms with Gasteiger partial charge < -0.3 is 10.1 Å². The van der Waals surface area contributed by atoms with Crippen LogP contribution in [0.25, 0.3) is 6.08 Å². The van der Waals surface area contributed by atoms with Gasteiger partial charge >= 0.3 is 0 Å². The minimum Gasteiger partial charge on any atom is -0.457 e. The molecule has 32 heavy (non-hydrogen) atoms. The van der Waals surface area contributed by atoms with Crippen molar-refractivity contribution in [1.82, 2.24) is 4.90 Å². The van der Waals surface area contributed by atoms with Gasteiger partial charge in [-0.15, -0.1) is 0 Å². The fraction of sp³-hybridized carbons (Fsp3) is 0.0800. The Morgan fingerprint density at radius 2 is 1.69 bits per heavy atom. The number of nitrogens with zero attached hydrogens (tertiary/aromatic N) is 1. The molecule has 3 aromatic rings. The van der Waals surface area contributed by atoms with Gasteiger partial charge in [-0.1, -0.05) is 48.5 Å². The summed E-state index contributed by atoms with van der Waals surface area (Å²) in [7, 11) is 0. The fourth-order valence-electron chi connectivity index (χ4n) is 3.13. The zero-order valence-electron chi connectivity index (χ0n) is 17.3. The molecule has 3 amide bonds. The van der Waals surface area contributed by atoms with Crippen molar-refractivity contribution in [3.63, 3.8) is 0 Å². The van der Waals surface area contributed by atoms with Crippen molar-refractivity contribution in [2.45, 2.75) is 6.92 Å². The Hall–Kier alpha value is -3.84. The number of thioether (sulfide) groups is 1. The quantitative estimate of drug-likeness (QED) is 0.511. The zero-order chi connectivity index (χ0) is 22.5. The van der Waals surface area contributed by atoms with Crippen molar-refractivity contribution in [2.24, 2.45) is 0 Å². The van der Waals surface area contributed by atoms with E-state index < -0.39 is 17.1 Å². The molecule has 3 aromatic carbocycles. The monoisotopic (exact) mass is 444 g/mol. The van der Waals surface area contributed by atoms with E-state index in [0.717, 1.165) is 22.2 Å². The Morgan fingerprint density at radius 3 is 2.47 bits per heavy atom. The number of nitrogens with one attached hydrogen (secondary N) is 1. The maximum absolute atomic E-state index is 12.8. The van der Waals surface area contributed by atoms with Crippen molar-refractivity contribution in [3.8, 4) is 11.5 Å². The second-order valence-electron chi connectivity index (χ2n) is 7.12. The summed E-state index contributed by atoms with van der Waals surface area (Å²) in [6.07, 6.45) is 1.63. The maximum atomic E-state index is 12.8. The van der Waals surface area contributed by atoms with Crippen LogP contribution in [0, 0.1) is 6.92 Å². The molecule has 0 spiro atoms. The first-order chi connectivity index (χ1) is 15.5. The van der Waals surface area contributed by atoms with Crippen LogP contribution in [0.5, 0.6) is 11.5 Å². The fourth-order valence-corrected chi connectivity index (χ4v) is 3.96. The van der Waals surface area contributed by atoms with Crippen molar-refractivity contribution >= 4 is 40.6 Å². The topological polar surface area (TPSA) is 75.7 Å². The SMILES string of the molecule is Cc1ccccc1NC(=O)CN1C(=O)S/C(=C\c2cccc(Oc3ccccc3)c2)C1=O. The summed E-state index contributed by atoms with van der Waals surface area (Å²) in [5, 5.41) is 2.27. The van der Waals surface area contributed by atoms with Gasteiger partial charge in [-0.2, -0.15) is 0 Å². The number of carbonyl (C=O) groups excluding carboxylic acids is 3. The summed E-state index contributed by atoms with van der Waals surface area (Å²) >= 11 is 0.816. The van der Waals surface area contributed by atoms with E-state index in [2.05, 4.69) is 5.32 Å². The third kappa shape index (κ3) is 5.07. The summed E-state index contributed by atoms with van der Waals surface area (Å²) in [6.45, 7) is 1.53. The Morgan fingerprint density at radius 1 is 0.969 bits per heavy atom. The molecule has 1 fully saturated rings. The minimum absolute atomic E-state index is 0.260. The second-order valence-corrected chi connectivity index (χ2v) is 8.11. The Kier molecular flexibility index (Phi) is 6.37. The molecular formula is C25H20N2O4S. The number of amides is 3. The molecule has 160 valence electrons. The first kappa shape index (κ1) is 21.4. The molecule has 0 atom stereocenters. The molecule has 1 heterocycles. The van der Waals surface area contributed by atoms with E-state index in [9.17, 15) is 14.4 Å². The minimum atomic E-state index is -0.491. The third-order valence-corrected chi connectivity index (χ3v) is 5.64. The molecule has 0 saturated carbocycles. The van der Waals surface area contributed by atoms with Gasteiger partial charge in [0.1, 0.15) is 18.0 Å². The number of imide groups is 1. The van der Waals surface area contributed by atoms with E-state index in [4.69, 9.17) is 4.74 Å². The van der Waals surface area contributed by atoms with E-state index in [-0.39, 0.29) is 11.4 Å². The van der Waals surface area contributed by atoms with Crippen molar-refractivity contribution in [1.29, 1.82) is 0 Å². The van der Waals surface area contributed by atoms with Crippen LogP contribution in [0.15, 0.2) is 83.8 Å². The van der Waals surface area contributed by atoms with Crippen LogP contribution in [0.3, 0.4) is 0 Å². The molecular weight excluding hydrogens is 424 g/mol. The summed E-state index contributed by atoms with van der Waals surface area (Å²) in [5.41, 5.74) is 2.26. The summed E-state index contributed by atoms with van der Waals surface area (Å²) < 4.78 is 5.82. The molecule has 1 saturated heterocycles. The van der Waals surface area contributed by atoms with E-state index in [0.29, 0.717) is 22.7 Å². The van der Waals surface area contributed by atoms with Crippen LogP contribution in [-0.2, 0) is 9.59 Å². The summed E-state index contributed by atoms with van der Waals surface area (Å²) in [4.78, 5) is 38.7. The Bertz CT molecular complexity index is 1210. The van der Waals surface area contributed by atoms with E-state index >= 15 is 0 Å². The van der Waals surface area contributed by atoms with Crippen LogP contribution < -0.4 is 10.1 Å². The molecule has 0 radical (unpaired) electrons. The van der Waals surface area contributed by atoms with Crippen LogP contribution in [0.2, 0.25) is 0 Å². The predicted octanol–water partition coefficient (Wildman–Crippen LogP) is 5.46. The number of para-hydroxylation sites is 2. The molecule has 1 N–H and O–H groups in total. The molecule has 0 aliphatic carbocycles. The average Bonchev–Trinajstić information content (AvgIpc) is 3.03. The van der Waals surface area contributed by atoms with Gasteiger partial charge in [0.15, 0.2) is 0 Å². The molecule has 4 rings (SSSR count). The smallest absolute Gasteiger partial charge is 0.294 e. The van der Waals surface area contributed by atoms with Crippen LogP contribution in [0.1, 0.15) is 11.1 Å². The van der Waals surface area contributed by atoms with Gasteiger partial charge in [-0.05, 0) is 66.2 Å². The molecule has 1 aliphatic rings. The highest BCUT2D eigenvalue weighted by molar-refractivity contribution is 8.18. The number of benzene rings is 3. The first-order valence-corrected chi connectivity index (χ1v) is 10.7. The number of carbonyl (C=O) groups is 3. The second kappa shape index (κ2) is 9.53. The highest BCUT2D eigenvalue weighted by atomic mass is 32.2. The number of hydrogen-bond acceptors (Lipinski definition) is 5. The lowest BCUT2D eigenvalue weighted by Gasteiger charge is -2.13. The van der Waals surface area contributed by atoms with Crippen LogP contribution >= 0.6 is 11.8 Å². The number of rotatable bonds is 6. The van der Waals surface area contributed by atoms with Gasteiger partial charge in [-0.25, -0.2) is 0 Å². The Balaban J connectivity index is 1.45. The highest BCUT2D eigenvalue weighted by Gasteiger charge is 2.36. The number of ether oxygens (including phenoxy) is 1. The van der Waals surface area contributed by atoms with Crippen molar-refractivity contribution < 1.29 is 19.1 Å². The first-order valence-electron chi connectivity index (χ1n) is 9.93. The van der Waals surface area contributed by atoms with Crippen molar-refractivity contribution in [3.05, 3.63) is 94.9 Å². The molecule has 1 aliphatic heterocycles. The number of anilines is 1. The van der Waals surface area contributed by atoms with Gasteiger partial charge in [0.2, 0.25) is 5.91 Å². The maximum Gasteiger partial charge on any atom is 0.294 e. The molecule has 0 bridgehead atoms. The number of aryl methyl sites for hydroxylation is 1. The lowest BCUT2D eigenvalue weighted by atomic mass is 10.2. The average molecular weight is 445 g/mol. The standard InChI is InChI=1S/C25H20N2O4S/c1-17-8-5-6-13-21(17)26-23(28)16-27-24(29)22(32-25(27)30)15-18-9-7-12-20(14-18)31-19-10-3-2-4-11-19/h2-15H,16H2,1H3,(H,26,28)/b22-15-. The van der Waals surface area contributed by atoms with E-state index in [1.54, 1.807) is 24.3 Å². The molecule has 6 nitrogen and oxygen atoms in total. The van der Waals surface area contributed by atoms with Gasteiger partial charge in [0.25, 0.3) is 11.1 Å². The zero-order valence-corrected chi connectivity index (χ0v) is 18.1. The van der Waals surface area contributed by atoms with Gasteiger partial charge in [-0.3, -0.25) is 19.3 Å². The lowest BCUT2D eigenvalue weighted by Crippen LogP contribution is -2.36. The van der Waals surface area contributed by atoms with Crippen LogP contribution in [0.4, 0.5) is 10.5 Å². The normalized spacial score (nSPS) is 14.7. The summed E-state index contributed by atoms with van der Waals surface area (Å²) in [5.74, 6) is 0.391. The van der Waals surface area contributed by atoms with Gasteiger partial charge in [0.05, 0.1) is 4.91 Å². The van der Waals surface area contributed by atoms with Gasteiger partial charge in [0, 0.05) is 5.69 Å². The third-order valence-electron chi connectivity index (χ3n) is 4.73. The molecule has 0 unspecified atom stereocenters. The van der Waals surface area contributed by atoms with E-state index in [1.165, 1.54) is 0 Å². The molecule has 0 aromatic heterocycles. The summed E-state index contributed by atoms with van der Waals surface area (Å²) in [6, 6.07) is 23.9. The number of hydrogen-bond donors (Lipinski definition) is 1. The largest absolute Gasteiger partial charge is 0.457 e. The molecule has 7 heteroatoms. The highest BCUT2D eigenvalue weighted by Crippen LogP contribution is 2.33. The Labute approximate surface area is 189 Å². The van der Waals surface area contributed by atoms with E-state index in [1.807, 2.05) is 67.6 Å². The predicted molar refractivity (Wildman–Crippen MR) is 125 cm³/mol. The van der Waals surface area contributed by atoms with Crippen molar-refractivity contribution in [2.75, 3.05) is 11.9 Å². The van der Waals surface area contributed by atoms with Crippen LogP contribution in [-0.4, -0.2) is 28.5 Å². The lowest BCUT2D eigenvalue weighted by molar-refractivity contribution is -0.127.